The highest BCUT2D eigenvalue weighted by atomic mass is 16.4. The molecule has 0 bridgehead atoms. The summed E-state index contributed by atoms with van der Waals surface area (Å²) in [6.07, 6.45) is 2.32. The summed E-state index contributed by atoms with van der Waals surface area (Å²) in [5, 5.41) is 11.5. The fourth-order valence-electron chi connectivity index (χ4n) is 4.25. The van der Waals surface area contributed by atoms with Gasteiger partial charge >= 0.3 is 0 Å². The minimum atomic E-state index is -0.872. The molecule has 1 amide bonds. The van der Waals surface area contributed by atoms with Crippen molar-refractivity contribution in [3.8, 4) is 34.4 Å². The number of nitrogens with zero attached hydrogens (tertiary/aromatic N) is 3. The number of carbonyl (C=O) groups is 1. The van der Waals surface area contributed by atoms with Gasteiger partial charge in [0.25, 0.3) is 5.91 Å². The van der Waals surface area contributed by atoms with Gasteiger partial charge in [0.2, 0.25) is 11.8 Å². The van der Waals surface area contributed by atoms with Gasteiger partial charge in [-0.15, -0.1) is 16.1 Å². The quantitative estimate of drug-likeness (QED) is 0.259. The van der Waals surface area contributed by atoms with Crippen molar-refractivity contribution in [2.45, 2.75) is 38.8 Å². The summed E-state index contributed by atoms with van der Waals surface area (Å²) < 4.78 is 6.10. The lowest BCUT2D eigenvalue weighted by Crippen LogP contribution is -2.35. The molecule has 1 unspecified atom stereocenters. The first-order valence-corrected chi connectivity index (χ1v) is 12.4. The van der Waals surface area contributed by atoms with Crippen molar-refractivity contribution in [2.75, 3.05) is 7.05 Å². The highest BCUT2D eigenvalue weighted by Gasteiger charge is 2.29. The molecule has 0 spiro atoms. The Balaban J connectivity index is 1.76. The molecule has 0 aliphatic heterocycles. The lowest BCUT2D eigenvalue weighted by Gasteiger charge is -2.20. The van der Waals surface area contributed by atoms with Crippen LogP contribution in [0.5, 0.6) is 0 Å². The summed E-state index contributed by atoms with van der Waals surface area (Å²) in [5.41, 5.74) is 10.5. The van der Waals surface area contributed by atoms with Crippen LogP contribution in [0, 0.1) is 11.8 Å². The van der Waals surface area contributed by atoms with Crippen LogP contribution in [-0.2, 0) is 12.0 Å². The Morgan fingerprint density at radius 3 is 2.55 bits per heavy atom. The normalized spacial score (nSPS) is 13.4. The van der Waals surface area contributed by atoms with Gasteiger partial charge in [-0.25, -0.2) is 0 Å². The summed E-state index contributed by atoms with van der Waals surface area (Å²) in [7, 11) is 1.72. The van der Waals surface area contributed by atoms with E-state index in [1.165, 1.54) is 0 Å². The van der Waals surface area contributed by atoms with Crippen molar-refractivity contribution in [1.29, 1.82) is 0 Å². The summed E-state index contributed by atoms with van der Waals surface area (Å²) >= 11 is 0. The van der Waals surface area contributed by atoms with Crippen LogP contribution in [0.15, 0.2) is 82.2 Å². The number of aromatic nitrogens is 2. The fourth-order valence-corrected chi connectivity index (χ4v) is 4.25. The average Bonchev–Trinajstić information content (AvgIpc) is 3.41. The smallest absolute Gasteiger partial charge is 0.252 e. The summed E-state index contributed by atoms with van der Waals surface area (Å²) in [4.78, 5) is 17.4. The molecular formula is C31H31N5O2. The summed E-state index contributed by atoms with van der Waals surface area (Å²) in [6.45, 7) is 5.44. The SMILES string of the molecule is CC#C[C@@H](C)NC(=O)c1cc(-c2nnc(C(C)(N)Cc3ccccc3)o2)cc(-c2ccccc2C=NC)c1. The Morgan fingerprint density at radius 2 is 1.82 bits per heavy atom. The zero-order chi connectivity index (χ0) is 27.1. The number of nitrogens with two attached hydrogens (primary N) is 1. The van der Waals surface area contributed by atoms with Crippen molar-refractivity contribution < 1.29 is 9.21 Å². The summed E-state index contributed by atoms with van der Waals surface area (Å²) in [6, 6.07) is 23.0. The molecule has 0 aliphatic carbocycles. The predicted octanol–water partition coefficient (Wildman–Crippen LogP) is 5.01. The van der Waals surface area contributed by atoms with Crippen LogP contribution in [-0.4, -0.2) is 35.4 Å². The molecule has 0 saturated heterocycles. The van der Waals surface area contributed by atoms with Gasteiger partial charge < -0.3 is 15.5 Å². The van der Waals surface area contributed by atoms with Crippen LogP contribution in [0.3, 0.4) is 0 Å². The van der Waals surface area contributed by atoms with Gasteiger partial charge in [-0.1, -0.05) is 60.5 Å². The Kier molecular flexibility index (Phi) is 8.15. The number of rotatable bonds is 8. The van der Waals surface area contributed by atoms with E-state index in [9.17, 15) is 4.79 Å². The van der Waals surface area contributed by atoms with E-state index < -0.39 is 5.54 Å². The zero-order valence-electron chi connectivity index (χ0n) is 22.0. The van der Waals surface area contributed by atoms with Gasteiger partial charge in [0.05, 0.1) is 11.6 Å². The van der Waals surface area contributed by atoms with E-state index in [-0.39, 0.29) is 17.8 Å². The molecule has 1 aromatic heterocycles. The number of hydrogen-bond donors (Lipinski definition) is 2. The highest BCUT2D eigenvalue weighted by molar-refractivity contribution is 5.98. The van der Waals surface area contributed by atoms with E-state index in [4.69, 9.17) is 10.2 Å². The standard InChI is InChI=1S/C31H31N5O2/c1-5-11-21(2)34-28(37)25-16-24(27-15-10-9-14-23(27)20-33-4)17-26(18-25)29-35-36-30(38-29)31(3,32)19-22-12-7-6-8-13-22/h6-10,12-18,20-21H,19,32H2,1-4H3,(H,34,37)/t21-,31?/m1/s1. The third-order valence-electron chi connectivity index (χ3n) is 6.02. The van der Waals surface area contributed by atoms with Gasteiger partial charge in [0, 0.05) is 30.0 Å². The lowest BCUT2D eigenvalue weighted by atomic mass is 9.94. The van der Waals surface area contributed by atoms with Crippen molar-refractivity contribution in [3.05, 3.63) is 95.4 Å². The second-order valence-electron chi connectivity index (χ2n) is 9.36. The Hall–Kier alpha value is -4.54. The minimum absolute atomic E-state index is 0.252. The molecule has 3 aromatic carbocycles. The average molecular weight is 506 g/mol. The van der Waals surface area contributed by atoms with E-state index >= 15 is 0 Å². The Bertz CT molecular complexity index is 1510. The van der Waals surface area contributed by atoms with Gasteiger partial charge in [-0.3, -0.25) is 9.79 Å². The summed E-state index contributed by atoms with van der Waals surface area (Å²) in [5.74, 6) is 6.13. The monoisotopic (exact) mass is 505 g/mol. The van der Waals surface area contributed by atoms with Crippen molar-refractivity contribution in [1.82, 2.24) is 15.5 Å². The second kappa shape index (κ2) is 11.7. The maximum atomic E-state index is 13.2. The van der Waals surface area contributed by atoms with E-state index in [0.717, 1.165) is 22.3 Å². The molecule has 38 heavy (non-hydrogen) atoms. The molecule has 2 atom stereocenters. The molecule has 7 nitrogen and oxygen atoms in total. The third kappa shape index (κ3) is 6.23. The van der Waals surface area contributed by atoms with Crippen molar-refractivity contribution in [2.24, 2.45) is 10.7 Å². The van der Waals surface area contributed by atoms with Crippen LogP contribution in [0.1, 0.15) is 48.1 Å². The molecule has 4 rings (SSSR count). The number of nitrogens with one attached hydrogen (secondary N) is 1. The largest absolute Gasteiger partial charge is 0.419 e. The molecule has 7 heteroatoms. The predicted molar refractivity (Wildman–Crippen MR) is 151 cm³/mol. The highest BCUT2D eigenvalue weighted by Crippen LogP contribution is 2.31. The first kappa shape index (κ1) is 26.5. The Morgan fingerprint density at radius 1 is 1.11 bits per heavy atom. The third-order valence-corrected chi connectivity index (χ3v) is 6.02. The fraction of sp³-hybridized carbons (Fsp3) is 0.226. The van der Waals surface area contributed by atoms with E-state index in [1.54, 1.807) is 26.3 Å². The van der Waals surface area contributed by atoms with Crippen LogP contribution in [0.25, 0.3) is 22.6 Å². The van der Waals surface area contributed by atoms with Gasteiger partial charge in [0.1, 0.15) is 0 Å². The molecule has 4 aromatic rings. The number of carbonyl (C=O) groups excluding carboxylic acids is 1. The minimum Gasteiger partial charge on any atom is -0.419 e. The maximum absolute atomic E-state index is 13.2. The molecular weight excluding hydrogens is 474 g/mol. The molecule has 0 saturated carbocycles. The van der Waals surface area contributed by atoms with Crippen LogP contribution >= 0.6 is 0 Å². The molecule has 0 aliphatic rings. The number of aliphatic imine (C=N–C) groups is 1. The molecule has 192 valence electrons. The first-order valence-electron chi connectivity index (χ1n) is 12.4. The molecule has 0 fully saturated rings. The van der Waals surface area contributed by atoms with Gasteiger partial charge in [-0.2, -0.15) is 0 Å². The maximum Gasteiger partial charge on any atom is 0.252 e. The number of hydrogen-bond acceptors (Lipinski definition) is 6. The Labute approximate surface area is 223 Å². The van der Waals surface area contributed by atoms with E-state index in [1.807, 2.05) is 80.6 Å². The van der Waals surface area contributed by atoms with Crippen LogP contribution in [0.4, 0.5) is 0 Å². The van der Waals surface area contributed by atoms with Gasteiger partial charge in [0.15, 0.2) is 0 Å². The second-order valence-corrected chi connectivity index (χ2v) is 9.36. The molecule has 0 radical (unpaired) electrons. The lowest BCUT2D eigenvalue weighted by molar-refractivity contribution is 0.0948. The van der Waals surface area contributed by atoms with E-state index in [2.05, 4.69) is 32.3 Å². The van der Waals surface area contributed by atoms with Crippen LogP contribution < -0.4 is 11.1 Å². The topological polar surface area (TPSA) is 106 Å². The van der Waals surface area contributed by atoms with Crippen molar-refractivity contribution in [3.63, 3.8) is 0 Å². The molecule has 3 N–H and O–H groups in total. The molecule has 1 heterocycles. The number of benzene rings is 3. The van der Waals surface area contributed by atoms with E-state index in [0.29, 0.717) is 23.4 Å². The zero-order valence-corrected chi connectivity index (χ0v) is 22.0. The van der Waals surface area contributed by atoms with Crippen molar-refractivity contribution >= 4 is 12.1 Å². The number of amides is 1. The van der Waals surface area contributed by atoms with Crippen LogP contribution in [0.2, 0.25) is 0 Å². The first-order chi connectivity index (χ1) is 18.3. The van der Waals surface area contributed by atoms with Gasteiger partial charge in [-0.05, 0) is 62.1 Å².